The van der Waals surface area contributed by atoms with Crippen LogP contribution in [0, 0.1) is 0 Å². The first-order chi connectivity index (χ1) is 15.4. The van der Waals surface area contributed by atoms with Crippen LogP contribution in [-0.2, 0) is 19.2 Å². The molecule has 12 N–H and O–H groups in total. The van der Waals surface area contributed by atoms with Gasteiger partial charge in [0.15, 0.2) is 5.96 Å². The van der Waals surface area contributed by atoms with Crippen molar-refractivity contribution in [3.8, 4) is 0 Å². The second kappa shape index (κ2) is 16.1. The van der Waals surface area contributed by atoms with Crippen LogP contribution >= 0.6 is 11.8 Å². The van der Waals surface area contributed by atoms with E-state index in [0.29, 0.717) is 12.2 Å². The summed E-state index contributed by atoms with van der Waals surface area (Å²) < 4.78 is 0. The summed E-state index contributed by atoms with van der Waals surface area (Å²) in [5.41, 5.74) is 16.2. The Hall–Kier alpha value is -2.62. The zero-order valence-corrected chi connectivity index (χ0v) is 19.5. The van der Waals surface area contributed by atoms with Gasteiger partial charge in [-0.15, -0.1) is 0 Å². The molecule has 190 valence electrons. The van der Waals surface area contributed by atoms with Crippen molar-refractivity contribution in [2.75, 3.05) is 25.2 Å². The summed E-state index contributed by atoms with van der Waals surface area (Å²) in [5, 5.41) is 35.0. The van der Waals surface area contributed by atoms with Gasteiger partial charge in [0.2, 0.25) is 17.7 Å². The molecule has 0 rings (SSSR count). The number of aliphatic hydroxyl groups excluding tert-OH is 2. The third kappa shape index (κ3) is 12.3. The van der Waals surface area contributed by atoms with Crippen molar-refractivity contribution < 1.29 is 34.5 Å². The number of guanidine groups is 1. The number of hydrogen-bond acceptors (Lipinski definition) is 9. The van der Waals surface area contributed by atoms with Crippen LogP contribution in [0.15, 0.2) is 4.99 Å². The zero-order chi connectivity index (χ0) is 25.6. The Labute approximate surface area is 196 Å². The molecule has 0 saturated carbocycles. The van der Waals surface area contributed by atoms with Crippen molar-refractivity contribution in [1.82, 2.24) is 16.0 Å². The van der Waals surface area contributed by atoms with Gasteiger partial charge >= 0.3 is 5.97 Å². The Kier molecular flexibility index (Phi) is 14.8. The van der Waals surface area contributed by atoms with E-state index in [1.807, 2.05) is 0 Å². The van der Waals surface area contributed by atoms with Gasteiger partial charge in [0.1, 0.15) is 18.1 Å². The molecule has 3 amide bonds. The number of rotatable bonds is 16. The average Bonchev–Trinajstić information content (AvgIpc) is 2.74. The van der Waals surface area contributed by atoms with Crippen LogP contribution in [-0.4, -0.2) is 100 Å². The molecule has 0 radical (unpaired) electrons. The molecule has 0 aliphatic heterocycles. The Morgan fingerprint density at radius 3 is 2.09 bits per heavy atom. The normalized spacial score (nSPS) is 15.3. The van der Waals surface area contributed by atoms with E-state index >= 15 is 0 Å². The topological polar surface area (TPSA) is 255 Å². The number of thioether (sulfide) groups is 1. The first-order valence-corrected chi connectivity index (χ1v) is 11.6. The molecule has 0 fully saturated rings. The minimum Gasteiger partial charge on any atom is -0.480 e. The van der Waals surface area contributed by atoms with Crippen molar-refractivity contribution in [3.63, 3.8) is 0 Å². The van der Waals surface area contributed by atoms with Crippen LogP contribution < -0.4 is 33.2 Å². The van der Waals surface area contributed by atoms with Gasteiger partial charge in [0.05, 0.1) is 18.8 Å². The van der Waals surface area contributed by atoms with Crippen molar-refractivity contribution in [2.24, 2.45) is 22.2 Å². The van der Waals surface area contributed by atoms with Crippen LogP contribution in [0.25, 0.3) is 0 Å². The number of aliphatic imine (C=N–C) groups is 1. The monoisotopic (exact) mass is 493 g/mol. The summed E-state index contributed by atoms with van der Waals surface area (Å²) >= 11 is 1.39. The number of carbonyl (C=O) groups is 4. The fourth-order valence-corrected chi connectivity index (χ4v) is 3.01. The van der Waals surface area contributed by atoms with Crippen LogP contribution in [0.5, 0.6) is 0 Å². The number of nitrogens with two attached hydrogens (primary N) is 3. The van der Waals surface area contributed by atoms with Gasteiger partial charge < -0.3 is 48.5 Å². The predicted molar refractivity (Wildman–Crippen MR) is 123 cm³/mol. The van der Waals surface area contributed by atoms with E-state index in [-0.39, 0.29) is 25.3 Å². The van der Waals surface area contributed by atoms with Gasteiger partial charge in [-0.3, -0.25) is 19.4 Å². The Bertz CT molecular complexity index is 689. The van der Waals surface area contributed by atoms with Crippen molar-refractivity contribution in [2.45, 2.75) is 56.5 Å². The largest absolute Gasteiger partial charge is 0.480 e. The highest BCUT2D eigenvalue weighted by atomic mass is 32.2. The van der Waals surface area contributed by atoms with Crippen molar-refractivity contribution >= 4 is 41.4 Å². The minimum atomic E-state index is -1.55. The number of hydrogen-bond donors (Lipinski definition) is 9. The SMILES string of the molecule is CSCCC(NC(=O)C(NC(=O)C(N)CCCN=C(N)N)C(C)O)C(=O)NC(CO)C(=O)O. The number of carboxylic acid groups (broad SMARTS) is 1. The fourth-order valence-electron chi connectivity index (χ4n) is 2.54. The lowest BCUT2D eigenvalue weighted by Gasteiger charge is -2.26. The lowest BCUT2D eigenvalue weighted by atomic mass is 10.1. The maximum Gasteiger partial charge on any atom is 0.328 e. The molecule has 0 aliphatic carbocycles. The molecule has 0 aliphatic rings. The van der Waals surface area contributed by atoms with Gasteiger partial charge in [-0.05, 0) is 38.2 Å². The molecule has 5 unspecified atom stereocenters. The van der Waals surface area contributed by atoms with E-state index in [2.05, 4.69) is 20.9 Å². The molecule has 0 heterocycles. The number of aliphatic carboxylic acids is 1. The quantitative estimate of drug-likeness (QED) is 0.0569. The highest BCUT2D eigenvalue weighted by molar-refractivity contribution is 7.98. The van der Waals surface area contributed by atoms with E-state index < -0.39 is 60.6 Å². The van der Waals surface area contributed by atoms with Crippen LogP contribution in [0.2, 0.25) is 0 Å². The highest BCUT2D eigenvalue weighted by Crippen LogP contribution is 2.05. The van der Waals surface area contributed by atoms with Gasteiger partial charge in [0, 0.05) is 6.54 Å². The smallest absolute Gasteiger partial charge is 0.328 e. The van der Waals surface area contributed by atoms with Crippen LogP contribution in [0.3, 0.4) is 0 Å². The van der Waals surface area contributed by atoms with Gasteiger partial charge in [0.25, 0.3) is 0 Å². The summed E-state index contributed by atoms with van der Waals surface area (Å²) in [6, 6.07) is -5.12. The lowest BCUT2D eigenvalue weighted by Crippen LogP contribution is -2.60. The summed E-state index contributed by atoms with van der Waals surface area (Å²) in [7, 11) is 0. The van der Waals surface area contributed by atoms with Crippen LogP contribution in [0.1, 0.15) is 26.2 Å². The molecule has 0 saturated heterocycles. The van der Waals surface area contributed by atoms with E-state index in [0.717, 1.165) is 0 Å². The van der Waals surface area contributed by atoms with E-state index in [1.165, 1.54) is 18.7 Å². The maximum absolute atomic E-state index is 12.7. The summed E-state index contributed by atoms with van der Waals surface area (Å²) in [5.74, 6) is -3.47. The summed E-state index contributed by atoms with van der Waals surface area (Å²) in [4.78, 5) is 52.4. The second-order valence-corrected chi connectivity index (χ2v) is 8.19. The molecule has 0 aromatic heterocycles. The highest BCUT2D eigenvalue weighted by Gasteiger charge is 2.32. The van der Waals surface area contributed by atoms with Crippen molar-refractivity contribution in [1.29, 1.82) is 0 Å². The van der Waals surface area contributed by atoms with E-state index in [1.54, 1.807) is 6.26 Å². The van der Waals surface area contributed by atoms with E-state index in [9.17, 15) is 24.3 Å². The second-order valence-electron chi connectivity index (χ2n) is 7.21. The molecular weight excluding hydrogens is 458 g/mol. The number of aliphatic hydroxyl groups is 2. The molecule has 14 nitrogen and oxygen atoms in total. The Balaban J connectivity index is 5.17. The van der Waals surface area contributed by atoms with E-state index in [4.69, 9.17) is 27.4 Å². The third-order valence-electron chi connectivity index (χ3n) is 4.41. The molecule has 0 bridgehead atoms. The van der Waals surface area contributed by atoms with Crippen molar-refractivity contribution in [3.05, 3.63) is 0 Å². The molecular formula is C18H35N7O7S. The summed E-state index contributed by atoms with van der Waals surface area (Å²) in [6.07, 6.45) is 1.22. The number of carboxylic acids is 1. The third-order valence-corrected chi connectivity index (χ3v) is 5.05. The maximum atomic E-state index is 12.7. The number of amides is 3. The molecule has 33 heavy (non-hydrogen) atoms. The molecule has 0 aromatic rings. The first kappa shape index (κ1) is 30.4. The minimum absolute atomic E-state index is 0.0902. The zero-order valence-electron chi connectivity index (χ0n) is 18.7. The Morgan fingerprint density at radius 1 is 1.00 bits per heavy atom. The molecule has 0 aromatic carbocycles. The molecule has 5 atom stereocenters. The average molecular weight is 494 g/mol. The Morgan fingerprint density at radius 2 is 1.61 bits per heavy atom. The van der Waals surface area contributed by atoms with Gasteiger partial charge in [-0.1, -0.05) is 0 Å². The van der Waals surface area contributed by atoms with Gasteiger partial charge in [-0.25, -0.2) is 4.79 Å². The number of nitrogens with zero attached hydrogens (tertiary/aromatic N) is 1. The first-order valence-electron chi connectivity index (χ1n) is 10.2. The predicted octanol–water partition coefficient (Wildman–Crippen LogP) is -3.97. The van der Waals surface area contributed by atoms with Crippen LogP contribution in [0.4, 0.5) is 0 Å². The lowest BCUT2D eigenvalue weighted by molar-refractivity contribution is -0.143. The molecule has 15 heteroatoms. The number of carbonyl (C=O) groups excluding carboxylic acids is 3. The molecule has 0 spiro atoms. The standard InChI is InChI=1S/C18H35N7O7S/c1-9(27)13(25-14(28)10(19)4-3-6-22-18(20)21)16(30)23-11(5-7-33-2)15(29)24-12(8-26)17(31)32/h9-13,26-27H,3-8,19H2,1-2H3,(H,23,30)(H,24,29)(H,25,28)(H,31,32)(H4,20,21,22). The fraction of sp³-hybridized carbons (Fsp3) is 0.722. The summed E-state index contributed by atoms with van der Waals surface area (Å²) in [6.45, 7) is 0.705. The van der Waals surface area contributed by atoms with Gasteiger partial charge in [-0.2, -0.15) is 11.8 Å². The number of nitrogens with one attached hydrogen (secondary N) is 3.